The topological polar surface area (TPSA) is 66.4 Å². The van der Waals surface area contributed by atoms with Gasteiger partial charge in [0.25, 0.3) is 0 Å². The Morgan fingerprint density at radius 2 is 1.29 bits per heavy atom. The lowest BCUT2D eigenvalue weighted by atomic mass is 10.1. The van der Waals surface area contributed by atoms with Crippen LogP contribution in [0.5, 0.6) is 0 Å². The fourth-order valence-electron chi connectivity index (χ4n) is 2.27. The molecule has 0 saturated carbocycles. The maximum atomic E-state index is 11.3. The van der Waals surface area contributed by atoms with Gasteiger partial charge < -0.3 is 10.4 Å². The largest absolute Gasteiger partial charge is 0.480 e. The van der Waals surface area contributed by atoms with Gasteiger partial charge in [0.2, 0.25) is 5.91 Å². The number of aliphatic carboxylic acids is 1. The molecule has 0 aliphatic carbocycles. The fourth-order valence-corrected chi connectivity index (χ4v) is 2.27. The Bertz CT molecular complexity index is 554. The molecule has 4 nitrogen and oxygen atoms in total. The third-order valence-electron chi connectivity index (χ3n) is 3.74. The number of carboxylic acid groups (broad SMARTS) is 1. The van der Waals surface area contributed by atoms with Crippen LogP contribution in [-0.2, 0) is 9.59 Å². The summed E-state index contributed by atoms with van der Waals surface area (Å²) in [5.74, 6) is -0.581. The molecule has 0 rings (SSSR count). The lowest BCUT2D eigenvalue weighted by Crippen LogP contribution is -2.28. The molecule has 2 N–H and O–H groups in total. The Morgan fingerprint density at radius 3 is 1.79 bits per heavy atom. The zero-order valence-electron chi connectivity index (χ0n) is 17.5. The summed E-state index contributed by atoms with van der Waals surface area (Å²) < 4.78 is 0. The molecule has 0 aromatic carbocycles. The van der Waals surface area contributed by atoms with Crippen LogP contribution in [0.25, 0.3) is 0 Å². The van der Waals surface area contributed by atoms with E-state index in [0.717, 1.165) is 44.9 Å². The van der Waals surface area contributed by atoms with Gasteiger partial charge in [0.15, 0.2) is 0 Å². The van der Waals surface area contributed by atoms with Crippen LogP contribution in [0, 0.1) is 5.92 Å². The van der Waals surface area contributed by atoms with E-state index in [9.17, 15) is 9.59 Å². The van der Waals surface area contributed by atoms with Crippen LogP contribution >= 0.6 is 0 Å². The predicted molar refractivity (Wildman–Crippen MR) is 118 cm³/mol. The Morgan fingerprint density at radius 1 is 0.786 bits per heavy atom. The highest BCUT2D eigenvalue weighted by atomic mass is 16.4. The predicted octanol–water partition coefficient (Wildman–Crippen LogP) is 5.75. The van der Waals surface area contributed by atoms with E-state index in [1.165, 1.54) is 0 Å². The first-order valence-electron chi connectivity index (χ1n) is 10.3. The van der Waals surface area contributed by atoms with Gasteiger partial charge in [-0.15, -0.1) is 0 Å². The molecule has 0 aliphatic heterocycles. The summed E-state index contributed by atoms with van der Waals surface area (Å²) in [7, 11) is 0. The molecule has 0 aromatic rings. The van der Waals surface area contributed by atoms with Gasteiger partial charge in [-0.3, -0.25) is 9.59 Å². The molecule has 0 bridgehead atoms. The smallest absolute Gasteiger partial charge is 0.322 e. The normalized spacial score (nSPS) is 12.5. The van der Waals surface area contributed by atoms with Crippen LogP contribution in [0.3, 0.4) is 0 Å². The van der Waals surface area contributed by atoms with E-state index in [-0.39, 0.29) is 12.5 Å². The van der Waals surface area contributed by atoms with E-state index >= 15 is 0 Å². The molecule has 0 aromatic heterocycles. The quantitative estimate of drug-likeness (QED) is 0.262. The first-order chi connectivity index (χ1) is 13.5. The Labute approximate surface area is 170 Å². The number of rotatable bonds is 16. The zero-order chi connectivity index (χ0) is 20.9. The number of amides is 1. The summed E-state index contributed by atoms with van der Waals surface area (Å²) in [6, 6.07) is 0. The van der Waals surface area contributed by atoms with Gasteiger partial charge in [-0.1, -0.05) is 74.6 Å². The summed E-state index contributed by atoms with van der Waals surface area (Å²) >= 11 is 0. The number of carboxylic acids is 1. The van der Waals surface area contributed by atoms with Crippen LogP contribution in [0.1, 0.15) is 65.2 Å². The number of unbranched alkanes of at least 4 members (excludes halogenated alkanes) is 2. The summed E-state index contributed by atoms with van der Waals surface area (Å²) in [4.78, 5) is 21.6. The van der Waals surface area contributed by atoms with Gasteiger partial charge in [-0.05, 0) is 50.9 Å². The van der Waals surface area contributed by atoms with Crippen molar-refractivity contribution in [3.05, 3.63) is 60.8 Å². The summed E-state index contributed by atoms with van der Waals surface area (Å²) in [6.07, 6.45) is 28.7. The van der Waals surface area contributed by atoms with Gasteiger partial charge in [0, 0.05) is 6.42 Å². The summed E-state index contributed by atoms with van der Waals surface area (Å²) in [6.45, 7) is 4.07. The van der Waals surface area contributed by atoms with Crippen molar-refractivity contribution < 1.29 is 14.7 Å². The molecule has 28 heavy (non-hydrogen) atoms. The molecule has 0 saturated heterocycles. The number of hydrogen-bond acceptors (Lipinski definition) is 2. The van der Waals surface area contributed by atoms with Gasteiger partial charge in [-0.25, -0.2) is 0 Å². The molecule has 0 fully saturated rings. The highest BCUT2D eigenvalue weighted by Gasteiger charge is 2.02. The van der Waals surface area contributed by atoms with Gasteiger partial charge in [-0.2, -0.15) is 0 Å². The molecule has 0 spiro atoms. The minimum atomic E-state index is -1.01. The first-order valence-corrected chi connectivity index (χ1v) is 10.3. The van der Waals surface area contributed by atoms with Gasteiger partial charge in [0.05, 0.1) is 0 Å². The molecule has 4 heteroatoms. The number of carbonyl (C=O) groups is 2. The highest BCUT2D eigenvalue weighted by molar-refractivity contribution is 5.80. The number of hydrogen-bond donors (Lipinski definition) is 2. The second kappa shape index (κ2) is 19.4. The van der Waals surface area contributed by atoms with Gasteiger partial charge >= 0.3 is 5.97 Å². The highest BCUT2D eigenvalue weighted by Crippen LogP contribution is 2.02. The molecule has 0 aliphatic rings. The van der Waals surface area contributed by atoms with Crippen molar-refractivity contribution in [2.75, 3.05) is 6.54 Å². The second-order valence-corrected chi connectivity index (χ2v) is 6.92. The van der Waals surface area contributed by atoms with Crippen LogP contribution in [0.4, 0.5) is 0 Å². The maximum absolute atomic E-state index is 11.3. The Balaban J connectivity index is 3.52. The van der Waals surface area contributed by atoms with Crippen molar-refractivity contribution in [2.45, 2.75) is 65.2 Å². The van der Waals surface area contributed by atoms with Crippen molar-refractivity contribution in [3.63, 3.8) is 0 Å². The standard InChI is InChI=1S/C24H37NO3/c1-22(2)19-17-15-13-11-9-7-5-3-4-6-8-10-12-14-16-18-20-23(26)25-21-24(27)28/h4-7,10-13,17,19,22H,3,8-9,14-16,18,20-21H2,1-2H3,(H,25,26)(H,27,28)/b6-4-,7-5-,12-10-,13-11-,19-17-. The molecular formula is C24H37NO3. The van der Waals surface area contributed by atoms with Crippen LogP contribution < -0.4 is 5.32 Å². The van der Waals surface area contributed by atoms with E-state index in [2.05, 4.69) is 79.9 Å². The third-order valence-corrected chi connectivity index (χ3v) is 3.74. The average Bonchev–Trinajstić information content (AvgIpc) is 2.65. The number of carbonyl (C=O) groups excluding carboxylic acids is 1. The van der Waals surface area contributed by atoms with Crippen molar-refractivity contribution in [3.8, 4) is 0 Å². The lowest BCUT2D eigenvalue weighted by molar-refractivity contribution is -0.137. The molecule has 0 atom stereocenters. The Hall–Kier alpha value is -2.36. The molecule has 0 heterocycles. The molecular weight excluding hydrogens is 350 g/mol. The molecule has 0 unspecified atom stereocenters. The fraction of sp³-hybridized carbons (Fsp3) is 0.500. The lowest BCUT2D eigenvalue weighted by Gasteiger charge is -2.00. The second-order valence-electron chi connectivity index (χ2n) is 6.92. The average molecular weight is 388 g/mol. The minimum Gasteiger partial charge on any atom is -0.480 e. The van der Waals surface area contributed by atoms with Crippen LogP contribution in [-0.4, -0.2) is 23.5 Å². The van der Waals surface area contributed by atoms with Crippen molar-refractivity contribution in [2.24, 2.45) is 5.92 Å². The molecule has 156 valence electrons. The van der Waals surface area contributed by atoms with E-state index in [0.29, 0.717) is 12.3 Å². The van der Waals surface area contributed by atoms with Gasteiger partial charge in [0.1, 0.15) is 6.54 Å². The summed E-state index contributed by atoms with van der Waals surface area (Å²) in [5.41, 5.74) is 0. The monoisotopic (exact) mass is 387 g/mol. The SMILES string of the molecule is CC(C)/C=C\C/C=C\C/C=C\C/C=C\C/C=C\CCCCC(=O)NCC(=O)O. The molecule has 0 radical (unpaired) electrons. The third kappa shape index (κ3) is 21.7. The first kappa shape index (κ1) is 25.6. The maximum Gasteiger partial charge on any atom is 0.322 e. The minimum absolute atomic E-state index is 0.194. The van der Waals surface area contributed by atoms with E-state index in [4.69, 9.17) is 5.11 Å². The zero-order valence-corrected chi connectivity index (χ0v) is 17.5. The van der Waals surface area contributed by atoms with Crippen LogP contribution in [0.2, 0.25) is 0 Å². The van der Waals surface area contributed by atoms with E-state index < -0.39 is 5.97 Å². The van der Waals surface area contributed by atoms with Crippen LogP contribution in [0.15, 0.2) is 60.8 Å². The van der Waals surface area contributed by atoms with E-state index in [1.54, 1.807) is 0 Å². The number of allylic oxidation sites excluding steroid dienone is 10. The molecule has 1 amide bonds. The Kier molecular flexibility index (Phi) is 17.8. The van der Waals surface area contributed by atoms with Crippen molar-refractivity contribution in [1.29, 1.82) is 0 Å². The van der Waals surface area contributed by atoms with Crippen molar-refractivity contribution >= 4 is 11.9 Å². The summed E-state index contributed by atoms with van der Waals surface area (Å²) in [5, 5.41) is 10.8. The van der Waals surface area contributed by atoms with E-state index in [1.807, 2.05) is 0 Å². The van der Waals surface area contributed by atoms with Crippen molar-refractivity contribution in [1.82, 2.24) is 5.32 Å². The number of nitrogens with one attached hydrogen (secondary N) is 1.